The molecule has 0 saturated carbocycles. The zero-order valence-electron chi connectivity index (χ0n) is 9.73. The molecule has 0 saturated heterocycles. The number of aromatic amines is 1. The zero-order valence-corrected chi connectivity index (χ0v) is 9.73. The number of nitrogens with two attached hydrogens (primary N) is 1. The predicted octanol–water partition coefficient (Wildman–Crippen LogP) is 1.85. The lowest BCUT2D eigenvalue weighted by atomic mass is 10.1. The molecule has 17 heavy (non-hydrogen) atoms. The maximum Gasteiger partial charge on any atom is 0.200 e. The first-order chi connectivity index (χ1) is 8.13. The van der Waals surface area contributed by atoms with E-state index in [1.807, 2.05) is 38.4 Å². The highest BCUT2D eigenvalue weighted by atomic mass is 15.1. The van der Waals surface area contributed by atoms with Crippen LogP contribution in [-0.2, 0) is 7.05 Å². The van der Waals surface area contributed by atoms with Crippen LogP contribution in [-0.4, -0.2) is 19.5 Å². The Bertz CT molecular complexity index is 673. The van der Waals surface area contributed by atoms with Crippen molar-refractivity contribution in [3.63, 3.8) is 0 Å². The van der Waals surface area contributed by atoms with Gasteiger partial charge in [-0.3, -0.25) is 0 Å². The second-order valence-corrected chi connectivity index (χ2v) is 4.15. The highest BCUT2D eigenvalue weighted by molar-refractivity contribution is 5.81. The average molecular weight is 227 g/mol. The van der Waals surface area contributed by atoms with Gasteiger partial charge in [-0.15, -0.1) is 0 Å². The molecule has 2 heterocycles. The summed E-state index contributed by atoms with van der Waals surface area (Å²) < 4.78 is 1.80. The summed E-state index contributed by atoms with van der Waals surface area (Å²) in [4.78, 5) is 11.9. The second-order valence-electron chi connectivity index (χ2n) is 4.15. The molecule has 1 aromatic carbocycles. The Labute approximate surface area is 98.3 Å². The summed E-state index contributed by atoms with van der Waals surface area (Å²) in [5, 5.41) is 0. The van der Waals surface area contributed by atoms with E-state index in [9.17, 15) is 0 Å². The minimum atomic E-state index is 0.515. The number of nitrogens with zero attached hydrogens (tertiary/aromatic N) is 3. The Kier molecular flexibility index (Phi) is 1.95. The van der Waals surface area contributed by atoms with Crippen LogP contribution in [0.15, 0.2) is 24.4 Å². The number of benzene rings is 1. The van der Waals surface area contributed by atoms with Crippen LogP contribution in [0, 0.1) is 6.92 Å². The van der Waals surface area contributed by atoms with Crippen molar-refractivity contribution >= 4 is 17.0 Å². The van der Waals surface area contributed by atoms with Crippen LogP contribution in [0.3, 0.4) is 0 Å². The third kappa shape index (κ3) is 1.56. The van der Waals surface area contributed by atoms with Gasteiger partial charge in [-0.05, 0) is 19.1 Å². The third-order valence-electron chi connectivity index (χ3n) is 2.81. The molecule has 0 radical (unpaired) electrons. The van der Waals surface area contributed by atoms with Crippen molar-refractivity contribution in [3.05, 3.63) is 30.2 Å². The first-order valence-electron chi connectivity index (χ1n) is 5.39. The minimum absolute atomic E-state index is 0.515. The monoisotopic (exact) mass is 227 g/mol. The highest BCUT2D eigenvalue weighted by Crippen LogP contribution is 2.23. The number of aryl methyl sites for hydroxylation is 2. The van der Waals surface area contributed by atoms with E-state index in [0.29, 0.717) is 5.95 Å². The molecule has 86 valence electrons. The molecule has 0 aliphatic rings. The highest BCUT2D eigenvalue weighted by Gasteiger charge is 2.06. The zero-order chi connectivity index (χ0) is 12.0. The van der Waals surface area contributed by atoms with Gasteiger partial charge in [0.05, 0.1) is 16.7 Å². The molecule has 0 unspecified atom stereocenters. The number of imidazole rings is 2. The second kappa shape index (κ2) is 3.35. The fraction of sp³-hybridized carbons (Fsp3) is 0.167. The number of anilines is 1. The summed E-state index contributed by atoms with van der Waals surface area (Å²) in [6.45, 7) is 1.94. The van der Waals surface area contributed by atoms with Crippen molar-refractivity contribution in [1.82, 2.24) is 19.5 Å². The predicted molar refractivity (Wildman–Crippen MR) is 67.4 cm³/mol. The van der Waals surface area contributed by atoms with Gasteiger partial charge < -0.3 is 15.3 Å². The van der Waals surface area contributed by atoms with E-state index in [4.69, 9.17) is 5.73 Å². The largest absolute Gasteiger partial charge is 0.369 e. The summed E-state index contributed by atoms with van der Waals surface area (Å²) in [7, 11) is 1.88. The summed E-state index contributed by atoms with van der Waals surface area (Å²) in [5.74, 6) is 1.43. The standard InChI is InChI=1S/C12H13N5/c1-7-14-9-4-3-8(5-10(9)15-7)11-6-17(2)12(13)16-11/h3-6H,1-2H3,(H2,13,16)(H,14,15). The first-order valence-corrected chi connectivity index (χ1v) is 5.39. The first kappa shape index (κ1) is 9.89. The number of hydrogen-bond donors (Lipinski definition) is 2. The van der Waals surface area contributed by atoms with Gasteiger partial charge in [-0.25, -0.2) is 9.97 Å². The maximum absolute atomic E-state index is 5.73. The number of nitrogen functional groups attached to an aromatic ring is 1. The molecule has 0 amide bonds. The molecular formula is C12H13N5. The number of fused-ring (bicyclic) bond motifs is 1. The van der Waals surface area contributed by atoms with Gasteiger partial charge in [0.2, 0.25) is 0 Å². The summed E-state index contributed by atoms with van der Waals surface area (Å²) in [6.07, 6.45) is 1.92. The smallest absolute Gasteiger partial charge is 0.200 e. The number of hydrogen-bond acceptors (Lipinski definition) is 3. The topological polar surface area (TPSA) is 72.5 Å². The fourth-order valence-corrected chi connectivity index (χ4v) is 1.92. The van der Waals surface area contributed by atoms with E-state index in [1.165, 1.54) is 0 Å². The molecule has 5 nitrogen and oxygen atoms in total. The minimum Gasteiger partial charge on any atom is -0.369 e. The van der Waals surface area contributed by atoms with E-state index in [0.717, 1.165) is 28.1 Å². The Hall–Kier alpha value is -2.30. The van der Waals surface area contributed by atoms with E-state index < -0.39 is 0 Å². The Balaban J connectivity index is 2.16. The van der Waals surface area contributed by atoms with Crippen LogP contribution in [0.25, 0.3) is 22.3 Å². The van der Waals surface area contributed by atoms with Crippen LogP contribution >= 0.6 is 0 Å². The molecule has 0 spiro atoms. The number of rotatable bonds is 1. The maximum atomic E-state index is 5.73. The van der Waals surface area contributed by atoms with Crippen LogP contribution in [0.4, 0.5) is 5.95 Å². The van der Waals surface area contributed by atoms with Gasteiger partial charge >= 0.3 is 0 Å². The molecule has 2 aromatic heterocycles. The van der Waals surface area contributed by atoms with Gasteiger partial charge in [-0.1, -0.05) is 6.07 Å². The number of aromatic nitrogens is 4. The lowest BCUT2D eigenvalue weighted by molar-refractivity contribution is 0.930. The van der Waals surface area contributed by atoms with Gasteiger partial charge in [-0.2, -0.15) is 0 Å². The SMILES string of the molecule is Cc1nc2ccc(-c3cn(C)c(N)n3)cc2[nH]1. The fourth-order valence-electron chi connectivity index (χ4n) is 1.92. The molecule has 0 aliphatic heterocycles. The van der Waals surface area contributed by atoms with Crippen molar-refractivity contribution in [3.8, 4) is 11.3 Å². The van der Waals surface area contributed by atoms with E-state index in [2.05, 4.69) is 15.0 Å². The normalized spacial score (nSPS) is 11.2. The van der Waals surface area contributed by atoms with E-state index in [-0.39, 0.29) is 0 Å². The van der Waals surface area contributed by atoms with Crippen LogP contribution in [0.2, 0.25) is 0 Å². The Morgan fingerprint density at radius 1 is 1.29 bits per heavy atom. The molecule has 0 aliphatic carbocycles. The van der Waals surface area contributed by atoms with Crippen LogP contribution in [0.5, 0.6) is 0 Å². The summed E-state index contributed by atoms with van der Waals surface area (Å²) in [6, 6.07) is 6.03. The Morgan fingerprint density at radius 3 is 2.82 bits per heavy atom. The van der Waals surface area contributed by atoms with Crippen LogP contribution < -0.4 is 5.73 Å². The molecule has 0 bridgehead atoms. The summed E-state index contributed by atoms with van der Waals surface area (Å²) in [5.41, 5.74) is 9.62. The van der Waals surface area contributed by atoms with Crippen molar-refractivity contribution in [2.24, 2.45) is 7.05 Å². The van der Waals surface area contributed by atoms with Gasteiger partial charge in [0.15, 0.2) is 5.95 Å². The van der Waals surface area contributed by atoms with Gasteiger partial charge in [0.1, 0.15) is 5.82 Å². The molecule has 0 fully saturated rings. The van der Waals surface area contributed by atoms with Crippen molar-refractivity contribution < 1.29 is 0 Å². The van der Waals surface area contributed by atoms with Gasteiger partial charge in [0, 0.05) is 18.8 Å². The molecular weight excluding hydrogens is 214 g/mol. The van der Waals surface area contributed by atoms with E-state index >= 15 is 0 Å². The molecule has 5 heteroatoms. The molecule has 3 rings (SSSR count). The van der Waals surface area contributed by atoms with Crippen molar-refractivity contribution in [1.29, 1.82) is 0 Å². The van der Waals surface area contributed by atoms with Crippen molar-refractivity contribution in [2.45, 2.75) is 6.92 Å². The Morgan fingerprint density at radius 2 is 2.12 bits per heavy atom. The summed E-state index contributed by atoms with van der Waals surface area (Å²) >= 11 is 0. The molecule has 3 aromatic rings. The van der Waals surface area contributed by atoms with E-state index in [1.54, 1.807) is 4.57 Å². The quantitative estimate of drug-likeness (QED) is 0.666. The van der Waals surface area contributed by atoms with Crippen LogP contribution in [0.1, 0.15) is 5.82 Å². The average Bonchev–Trinajstić information content (AvgIpc) is 2.80. The van der Waals surface area contributed by atoms with Crippen molar-refractivity contribution in [2.75, 3.05) is 5.73 Å². The molecule has 0 atom stereocenters. The number of H-pyrrole nitrogens is 1. The number of nitrogens with one attached hydrogen (secondary N) is 1. The third-order valence-corrected chi connectivity index (χ3v) is 2.81. The lowest BCUT2D eigenvalue weighted by Crippen LogP contribution is -1.94. The lowest BCUT2D eigenvalue weighted by Gasteiger charge is -1.95. The van der Waals surface area contributed by atoms with Gasteiger partial charge in [0.25, 0.3) is 0 Å². The molecule has 3 N–H and O–H groups in total.